The number of halogens is 2. The second-order valence-electron chi connectivity index (χ2n) is 7.32. The molecule has 0 amide bonds. The molecule has 0 spiro atoms. The average molecular weight is 498 g/mol. The first-order valence-electron chi connectivity index (χ1n) is 9.78. The third-order valence-electron chi connectivity index (χ3n) is 5.08. The van der Waals surface area contributed by atoms with Gasteiger partial charge in [-0.05, 0) is 29.3 Å². The number of anilines is 1. The third-order valence-corrected chi connectivity index (χ3v) is 5.25. The molecule has 2 heterocycles. The van der Waals surface area contributed by atoms with Crippen LogP contribution in [0.25, 0.3) is 11.2 Å². The minimum atomic E-state index is -2.70. The van der Waals surface area contributed by atoms with E-state index < -0.39 is 43.0 Å². The van der Waals surface area contributed by atoms with E-state index in [1.807, 2.05) is 0 Å². The maximum absolute atomic E-state index is 15.1. The van der Waals surface area contributed by atoms with Crippen molar-refractivity contribution in [1.82, 2.24) is 19.5 Å². The monoisotopic (exact) mass is 497 g/mol. The third kappa shape index (κ3) is 5.16. The highest BCUT2D eigenvalue weighted by atomic mass is 35.5. The van der Waals surface area contributed by atoms with E-state index in [0.717, 1.165) is 10.9 Å². The first-order valence-corrected chi connectivity index (χ1v) is 10.2. The number of nitrogens with zero attached hydrogens (tertiary/aromatic N) is 4. The molecule has 14 heteroatoms. The van der Waals surface area contributed by atoms with Gasteiger partial charge in [0, 0.05) is 20.0 Å². The molecule has 182 valence electrons. The number of alkyl halides is 1. The standard InChI is InChI=1S/C20H21ClFN5O7/c1-33-12(6-13(22)27-9-24-14-15(23)25-19(21)26-16(14)27)8-34-20(17(29)30,18(31)32)7-10-3-2-4-11(28)5-10/h2-5,9,12-13,28H,6-8H2,1H3,(H,29,30)(H,31,32)(H2,23,25,26). The SMILES string of the molecule is COC(COC(Cc1cccc(O)c1)(C(=O)O)C(=O)O)CC(F)n1cnc2c(N)nc(Cl)nc21. The molecule has 3 aromatic rings. The highest BCUT2D eigenvalue weighted by molar-refractivity contribution is 6.28. The fourth-order valence-corrected chi connectivity index (χ4v) is 3.46. The zero-order chi connectivity index (χ0) is 25.0. The highest BCUT2D eigenvalue weighted by Gasteiger charge is 2.49. The van der Waals surface area contributed by atoms with Crippen molar-refractivity contribution in [3.8, 4) is 5.75 Å². The number of phenolic OH excluding ortho intramolecular Hbond substituents is 1. The molecule has 0 saturated heterocycles. The number of benzene rings is 1. The van der Waals surface area contributed by atoms with E-state index in [9.17, 15) is 24.9 Å². The summed E-state index contributed by atoms with van der Waals surface area (Å²) in [5.74, 6) is -3.74. The van der Waals surface area contributed by atoms with Crippen LogP contribution < -0.4 is 5.73 Å². The van der Waals surface area contributed by atoms with Crippen LogP contribution in [0.2, 0.25) is 5.28 Å². The highest BCUT2D eigenvalue weighted by Crippen LogP contribution is 2.27. The molecule has 12 nitrogen and oxygen atoms in total. The van der Waals surface area contributed by atoms with E-state index >= 15 is 4.39 Å². The van der Waals surface area contributed by atoms with Gasteiger partial charge >= 0.3 is 11.9 Å². The number of aromatic hydroxyl groups is 1. The largest absolute Gasteiger partial charge is 0.508 e. The maximum atomic E-state index is 15.1. The number of carboxylic acids is 2. The van der Waals surface area contributed by atoms with Gasteiger partial charge in [0.15, 0.2) is 17.8 Å². The molecule has 2 atom stereocenters. The Morgan fingerprint density at radius 3 is 2.62 bits per heavy atom. The van der Waals surface area contributed by atoms with Crippen molar-refractivity contribution in [3.05, 3.63) is 41.4 Å². The molecule has 34 heavy (non-hydrogen) atoms. The van der Waals surface area contributed by atoms with Gasteiger partial charge in [-0.1, -0.05) is 12.1 Å². The number of aliphatic carboxylic acids is 2. The summed E-state index contributed by atoms with van der Waals surface area (Å²) in [4.78, 5) is 35.5. The molecule has 0 aliphatic heterocycles. The molecule has 0 fully saturated rings. The topological polar surface area (TPSA) is 183 Å². The first kappa shape index (κ1) is 25.1. The normalized spacial score (nSPS) is 13.6. The summed E-state index contributed by atoms with van der Waals surface area (Å²) >= 11 is 5.79. The summed E-state index contributed by atoms with van der Waals surface area (Å²) in [6.07, 6.45) is -2.65. The number of carboxylic acid groups (broad SMARTS) is 2. The molecule has 2 unspecified atom stereocenters. The molecule has 0 aliphatic carbocycles. The predicted octanol–water partition coefficient (Wildman–Crippen LogP) is 1.81. The lowest BCUT2D eigenvalue weighted by molar-refractivity contribution is -0.188. The molecule has 0 bridgehead atoms. The molecule has 0 aliphatic rings. The fourth-order valence-electron chi connectivity index (χ4n) is 3.28. The van der Waals surface area contributed by atoms with Crippen LogP contribution in [0.1, 0.15) is 18.3 Å². The average Bonchev–Trinajstić information content (AvgIpc) is 3.19. The van der Waals surface area contributed by atoms with Gasteiger partial charge in [0.05, 0.1) is 19.0 Å². The summed E-state index contributed by atoms with van der Waals surface area (Å²) in [7, 11) is 1.24. The second-order valence-corrected chi connectivity index (χ2v) is 7.66. The lowest BCUT2D eigenvalue weighted by atomic mass is 9.94. The molecule has 3 rings (SSSR count). The quantitative estimate of drug-likeness (QED) is 0.224. The summed E-state index contributed by atoms with van der Waals surface area (Å²) in [6, 6.07) is 5.44. The fraction of sp³-hybridized carbons (Fsp3) is 0.350. The molecule has 0 radical (unpaired) electrons. The number of phenols is 1. The van der Waals surface area contributed by atoms with Crippen molar-refractivity contribution in [3.63, 3.8) is 0 Å². The zero-order valence-electron chi connectivity index (χ0n) is 17.8. The Balaban J connectivity index is 1.79. The van der Waals surface area contributed by atoms with Crippen LogP contribution >= 0.6 is 11.6 Å². The minimum absolute atomic E-state index is 0.0350. The van der Waals surface area contributed by atoms with Gasteiger partial charge in [0.2, 0.25) is 5.28 Å². The van der Waals surface area contributed by atoms with Gasteiger partial charge in [0.25, 0.3) is 5.60 Å². The second kappa shape index (κ2) is 10.2. The molecule has 2 aromatic heterocycles. The summed E-state index contributed by atoms with van der Waals surface area (Å²) in [5.41, 5.74) is 3.40. The van der Waals surface area contributed by atoms with Crippen LogP contribution in [0, 0.1) is 0 Å². The Labute approximate surface area is 196 Å². The Morgan fingerprint density at radius 2 is 2.00 bits per heavy atom. The first-order chi connectivity index (χ1) is 16.1. The van der Waals surface area contributed by atoms with Crippen LogP contribution in [0.4, 0.5) is 10.2 Å². The number of ether oxygens (including phenoxy) is 2. The van der Waals surface area contributed by atoms with Gasteiger partial charge < -0.3 is 30.5 Å². The lowest BCUT2D eigenvalue weighted by Crippen LogP contribution is -2.52. The molecule has 1 aromatic carbocycles. The number of hydrogen-bond acceptors (Lipinski definition) is 9. The van der Waals surface area contributed by atoms with Crippen molar-refractivity contribution >= 4 is 40.5 Å². The Hall–Kier alpha value is -3.55. The predicted molar refractivity (Wildman–Crippen MR) is 116 cm³/mol. The summed E-state index contributed by atoms with van der Waals surface area (Å²) in [6.45, 7) is -0.571. The minimum Gasteiger partial charge on any atom is -0.508 e. The number of imidazole rings is 1. The van der Waals surface area contributed by atoms with E-state index in [2.05, 4.69) is 15.0 Å². The van der Waals surface area contributed by atoms with Gasteiger partial charge in [-0.3, -0.25) is 4.57 Å². The summed E-state index contributed by atoms with van der Waals surface area (Å²) < 4.78 is 26.7. The smallest absolute Gasteiger partial charge is 0.348 e. The zero-order valence-corrected chi connectivity index (χ0v) is 18.5. The van der Waals surface area contributed by atoms with Crippen LogP contribution in [0.5, 0.6) is 5.75 Å². The van der Waals surface area contributed by atoms with Gasteiger partial charge in [-0.15, -0.1) is 0 Å². The Bertz CT molecular complexity index is 1190. The summed E-state index contributed by atoms with van der Waals surface area (Å²) in [5, 5.41) is 28.8. The van der Waals surface area contributed by atoms with Crippen molar-refractivity contribution < 1.29 is 38.8 Å². The number of nitrogens with two attached hydrogens (primary N) is 1. The van der Waals surface area contributed by atoms with Crippen LogP contribution in [0.3, 0.4) is 0 Å². The van der Waals surface area contributed by atoms with E-state index in [4.69, 9.17) is 26.8 Å². The number of methoxy groups -OCH3 is 1. The number of nitrogen functional groups attached to an aromatic ring is 1. The number of carbonyl (C=O) groups is 2. The number of hydrogen-bond donors (Lipinski definition) is 4. The van der Waals surface area contributed by atoms with Crippen molar-refractivity contribution in [2.24, 2.45) is 0 Å². The molecule has 5 N–H and O–H groups in total. The van der Waals surface area contributed by atoms with Crippen LogP contribution in [-0.4, -0.2) is 72.2 Å². The maximum Gasteiger partial charge on any atom is 0.348 e. The van der Waals surface area contributed by atoms with Crippen molar-refractivity contribution in [2.75, 3.05) is 19.5 Å². The number of aromatic nitrogens is 4. The van der Waals surface area contributed by atoms with E-state index in [1.165, 1.54) is 31.4 Å². The van der Waals surface area contributed by atoms with E-state index in [-0.39, 0.29) is 40.0 Å². The van der Waals surface area contributed by atoms with Gasteiger partial charge in [-0.2, -0.15) is 9.97 Å². The van der Waals surface area contributed by atoms with Gasteiger partial charge in [-0.25, -0.2) is 19.0 Å². The van der Waals surface area contributed by atoms with Crippen molar-refractivity contribution in [1.29, 1.82) is 0 Å². The molecular formula is C20H21ClFN5O7. The van der Waals surface area contributed by atoms with Crippen LogP contribution in [-0.2, 0) is 25.5 Å². The van der Waals surface area contributed by atoms with Crippen molar-refractivity contribution in [2.45, 2.75) is 30.8 Å². The lowest BCUT2D eigenvalue weighted by Gasteiger charge is -2.28. The van der Waals surface area contributed by atoms with E-state index in [0.29, 0.717) is 0 Å². The number of fused-ring (bicyclic) bond motifs is 1. The van der Waals surface area contributed by atoms with Crippen LogP contribution in [0.15, 0.2) is 30.6 Å². The molecular weight excluding hydrogens is 477 g/mol. The van der Waals surface area contributed by atoms with E-state index in [1.54, 1.807) is 0 Å². The molecule has 0 saturated carbocycles. The Morgan fingerprint density at radius 1 is 1.29 bits per heavy atom. The van der Waals surface area contributed by atoms with Gasteiger partial charge in [0.1, 0.15) is 11.3 Å². The number of rotatable bonds is 11. The Kier molecular flexibility index (Phi) is 7.49.